The summed E-state index contributed by atoms with van der Waals surface area (Å²) in [5.41, 5.74) is 0.992. The summed E-state index contributed by atoms with van der Waals surface area (Å²) in [6, 6.07) is 0.449. The van der Waals surface area contributed by atoms with E-state index in [0.717, 1.165) is 18.8 Å². The van der Waals surface area contributed by atoms with Crippen LogP contribution in [0.2, 0.25) is 0 Å². The van der Waals surface area contributed by atoms with Crippen molar-refractivity contribution in [2.24, 2.45) is 0 Å². The monoisotopic (exact) mass is 239 g/mol. The molecule has 1 aromatic heterocycles. The Labute approximate surface area is 104 Å². The van der Waals surface area contributed by atoms with E-state index >= 15 is 0 Å². The highest BCUT2D eigenvalue weighted by atomic mass is 15.4. The van der Waals surface area contributed by atoms with Gasteiger partial charge in [-0.2, -0.15) is 0 Å². The van der Waals surface area contributed by atoms with Gasteiger partial charge in [0.05, 0.1) is 17.4 Å². The van der Waals surface area contributed by atoms with Crippen LogP contribution in [-0.4, -0.2) is 46.6 Å². The summed E-state index contributed by atoms with van der Waals surface area (Å²) in [5, 5.41) is 11.8. The molecule has 0 radical (unpaired) electrons. The molecule has 98 valence electrons. The Kier molecular flexibility index (Phi) is 4.65. The van der Waals surface area contributed by atoms with Crippen LogP contribution in [0, 0.1) is 0 Å². The van der Waals surface area contributed by atoms with Gasteiger partial charge in [-0.15, -0.1) is 5.10 Å². The second-order valence-electron chi connectivity index (χ2n) is 5.87. The van der Waals surface area contributed by atoms with Crippen molar-refractivity contribution in [3.63, 3.8) is 0 Å². The van der Waals surface area contributed by atoms with Crippen molar-refractivity contribution >= 4 is 0 Å². The molecule has 0 amide bonds. The molecule has 0 saturated heterocycles. The molecule has 0 spiro atoms. The van der Waals surface area contributed by atoms with Crippen molar-refractivity contribution in [3.8, 4) is 0 Å². The SMILES string of the molecule is CC(CN(C)C)NCc1cn(C(C)(C)C)nn1. The molecule has 0 fully saturated rings. The first-order valence-electron chi connectivity index (χ1n) is 6.09. The van der Waals surface area contributed by atoms with Crippen LogP contribution in [0.3, 0.4) is 0 Å². The molecule has 5 nitrogen and oxygen atoms in total. The third-order valence-corrected chi connectivity index (χ3v) is 2.50. The molecule has 0 aliphatic rings. The Morgan fingerprint density at radius 1 is 1.41 bits per heavy atom. The van der Waals surface area contributed by atoms with Gasteiger partial charge in [-0.25, -0.2) is 4.68 Å². The number of nitrogens with zero attached hydrogens (tertiary/aromatic N) is 4. The first-order valence-corrected chi connectivity index (χ1v) is 6.09. The van der Waals surface area contributed by atoms with E-state index in [1.165, 1.54) is 0 Å². The molecule has 1 atom stereocenters. The summed E-state index contributed by atoms with van der Waals surface area (Å²) >= 11 is 0. The Hall–Kier alpha value is -0.940. The molecule has 5 heteroatoms. The lowest BCUT2D eigenvalue weighted by Gasteiger charge is -2.18. The van der Waals surface area contributed by atoms with Gasteiger partial charge < -0.3 is 10.2 Å². The summed E-state index contributed by atoms with van der Waals surface area (Å²) in [6.45, 7) is 10.3. The van der Waals surface area contributed by atoms with Crippen molar-refractivity contribution in [2.75, 3.05) is 20.6 Å². The largest absolute Gasteiger partial charge is 0.308 e. The number of nitrogens with one attached hydrogen (secondary N) is 1. The van der Waals surface area contributed by atoms with Crippen molar-refractivity contribution < 1.29 is 0 Å². The van der Waals surface area contributed by atoms with E-state index in [1.54, 1.807) is 0 Å². The van der Waals surface area contributed by atoms with E-state index in [4.69, 9.17) is 0 Å². The van der Waals surface area contributed by atoms with E-state index in [9.17, 15) is 0 Å². The van der Waals surface area contributed by atoms with Gasteiger partial charge in [-0.05, 0) is 41.8 Å². The lowest BCUT2D eigenvalue weighted by molar-refractivity contribution is 0.346. The van der Waals surface area contributed by atoms with Gasteiger partial charge in [0.1, 0.15) is 0 Å². The lowest BCUT2D eigenvalue weighted by atomic mass is 10.1. The summed E-state index contributed by atoms with van der Waals surface area (Å²) in [4.78, 5) is 2.17. The third kappa shape index (κ3) is 4.83. The molecule has 1 aromatic rings. The number of hydrogen-bond acceptors (Lipinski definition) is 4. The van der Waals surface area contributed by atoms with E-state index < -0.39 is 0 Å². The number of likely N-dealkylation sites (N-methyl/N-ethyl adjacent to an activating group) is 1. The average Bonchev–Trinajstić information content (AvgIpc) is 2.61. The topological polar surface area (TPSA) is 46.0 Å². The van der Waals surface area contributed by atoms with Gasteiger partial charge in [0.15, 0.2) is 0 Å². The van der Waals surface area contributed by atoms with Crippen molar-refractivity contribution in [2.45, 2.75) is 45.8 Å². The lowest BCUT2D eigenvalue weighted by Crippen LogP contribution is -2.35. The molecule has 0 saturated carbocycles. The molecule has 0 bridgehead atoms. The maximum absolute atomic E-state index is 4.17. The Bertz CT molecular complexity index is 337. The van der Waals surface area contributed by atoms with Crippen LogP contribution in [-0.2, 0) is 12.1 Å². The number of aromatic nitrogens is 3. The zero-order valence-electron chi connectivity index (χ0n) is 11.9. The highest BCUT2D eigenvalue weighted by Crippen LogP contribution is 2.11. The van der Waals surface area contributed by atoms with Gasteiger partial charge in [-0.3, -0.25) is 0 Å². The second kappa shape index (κ2) is 5.60. The Balaban J connectivity index is 2.45. The van der Waals surface area contributed by atoms with Crippen LogP contribution >= 0.6 is 0 Å². The predicted octanol–water partition coefficient (Wildman–Crippen LogP) is 1.07. The maximum Gasteiger partial charge on any atom is 0.0965 e. The molecule has 17 heavy (non-hydrogen) atoms. The van der Waals surface area contributed by atoms with Gasteiger partial charge >= 0.3 is 0 Å². The van der Waals surface area contributed by atoms with Crippen LogP contribution in [0.25, 0.3) is 0 Å². The highest BCUT2D eigenvalue weighted by molar-refractivity contribution is 4.94. The summed E-state index contributed by atoms with van der Waals surface area (Å²) in [7, 11) is 4.15. The minimum absolute atomic E-state index is 0.000498. The van der Waals surface area contributed by atoms with Crippen LogP contribution in [0.5, 0.6) is 0 Å². The minimum atomic E-state index is 0.000498. The first-order chi connectivity index (χ1) is 7.79. The Morgan fingerprint density at radius 2 is 2.06 bits per heavy atom. The first kappa shape index (κ1) is 14.1. The van der Waals surface area contributed by atoms with E-state index in [2.05, 4.69) is 62.3 Å². The fourth-order valence-electron chi connectivity index (χ4n) is 1.60. The van der Waals surface area contributed by atoms with Crippen LogP contribution in [0.15, 0.2) is 6.20 Å². The fraction of sp³-hybridized carbons (Fsp3) is 0.833. The van der Waals surface area contributed by atoms with E-state index in [-0.39, 0.29) is 5.54 Å². The second-order valence-corrected chi connectivity index (χ2v) is 5.87. The molecule has 0 aromatic carbocycles. The normalized spacial score (nSPS) is 14.3. The smallest absolute Gasteiger partial charge is 0.0965 e. The van der Waals surface area contributed by atoms with Gasteiger partial charge in [0.25, 0.3) is 0 Å². The third-order valence-electron chi connectivity index (χ3n) is 2.50. The summed E-state index contributed by atoms with van der Waals surface area (Å²) < 4.78 is 1.90. The standard InChI is InChI=1S/C12H25N5/c1-10(8-16(5)6)13-7-11-9-17(15-14-11)12(2,3)4/h9-10,13H,7-8H2,1-6H3. The van der Waals surface area contributed by atoms with Gasteiger partial charge in [0, 0.05) is 19.1 Å². The van der Waals surface area contributed by atoms with Gasteiger partial charge in [-0.1, -0.05) is 5.21 Å². The molecular weight excluding hydrogens is 214 g/mol. The molecule has 1 N–H and O–H groups in total. The van der Waals surface area contributed by atoms with Crippen LogP contribution < -0.4 is 5.32 Å². The minimum Gasteiger partial charge on any atom is -0.308 e. The predicted molar refractivity (Wildman–Crippen MR) is 69.9 cm³/mol. The van der Waals surface area contributed by atoms with Crippen LogP contribution in [0.4, 0.5) is 0 Å². The zero-order chi connectivity index (χ0) is 13.1. The number of rotatable bonds is 5. The van der Waals surface area contributed by atoms with Crippen molar-refractivity contribution in [1.29, 1.82) is 0 Å². The fourth-order valence-corrected chi connectivity index (χ4v) is 1.60. The van der Waals surface area contributed by atoms with Crippen molar-refractivity contribution in [3.05, 3.63) is 11.9 Å². The Morgan fingerprint density at radius 3 is 2.53 bits per heavy atom. The highest BCUT2D eigenvalue weighted by Gasteiger charge is 2.15. The maximum atomic E-state index is 4.17. The number of hydrogen-bond donors (Lipinski definition) is 1. The summed E-state index contributed by atoms with van der Waals surface area (Å²) in [6.07, 6.45) is 2.01. The molecule has 1 rings (SSSR count). The van der Waals surface area contributed by atoms with E-state index in [1.807, 2.05) is 10.9 Å². The van der Waals surface area contributed by atoms with Crippen molar-refractivity contribution in [1.82, 2.24) is 25.2 Å². The zero-order valence-corrected chi connectivity index (χ0v) is 11.9. The van der Waals surface area contributed by atoms with Gasteiger partial charge in [0.2, 0.25) is 0 Å². The quantitative estimate of drug-likeness (QED) is 0.835. The molecular formula is C12H25N5. The molecule has 0 aliphatic carbocycles. The molecule has 1 heterocycles. The summed E-state index contributed by atoms with van der Waals surface area (Å²) in [5.74, 6) is 0. The van der Waals surface area contributed by atoms with Crippen LogP contribution in [0.1, 0.15) is 33.4 Å². The average molecular weight is 239 g/mol. The molecule has 0 aliphatic heterocycles. The molecule has 1 unspecified atom stereocenters. The van der Waals surface area contributed by atoms with E-state index in [0.29, 0.717) is 6.04 Å².